The minimum Gasteiger partial charge on any atom is -0.322 e. The number of anilines is 1. The van der Waals surface area contributed by atoms with Gasteiger partial charge in [-0.15, -0.1) is 0 Å². The highest BCUT2D eigenvalue weighted by atomic mass is 32.2. The lowest BCUT2D eigenvalue weighted by atomic mass is 10.2. The van der Waals surface area contributed by atoms with Crippen LogP contribution < -0.4 is 5.32 Å². The van der Waals surface area contributed by atoms with E-state index in [-0.39, 0.29) is 10.8 Å². The predicted octanol–water partition coefficient (Wildman–Crippen LogP) is 3.61. The number of benzene rings is 2. The van der Waals surface area contributed by atoms with E-state index in [4.69, 9.17) is 0 Å². The maximum atomic E-state index is 12.9. The quantitative estimate of drug-likeness (QED) is 0.678. The first-order valence-electron chi connectivity index (χ1n) is 9.98. The van der Waals surface area contributed by atoms with Crippen molar-refractivity contribution < 1.29 is 13.2 Å². The van der Waals surface area contributed by atoms with Gasteiger partial charge in [-0.2, -0.15) is 9.40 Å². The molecule has 0 spiro atoms. The number of nitrogens with one attached hydrogen (secondary N) is 1. The molecule has 0 saturated carbocycles. The van der Waals surface area contributed by atoms with Crippen molar-refractivity contribution in [3.63, 3.8) is 0 Å². The molecule has 8 heteroatoms. The summed E-state index contributed by atoms with van der Waals surface area (Å²) in [6, 6.07) is 16.0. The second kappa shape index (κ2) is 8.41. The summed E-state index contributed by atoms with van der Waals surface area (Å²) in [4.78, 5) is 13.0. The van der Waals surface area contributed by atoms with Crippen molar-refractivity contribution in [2.45, 2.75) is 31.1 Å². The van der Waals surface area contributed by atoms with Crippen LogP contribution in [0.3, 0.4) is 0 Å². The third-order valence-electron chi connectivity index (χ3n) is 5.30. The standard InChI is InChI=1S/C22H24N4O3S/c1-17-21(16-23-26(17)19-10-4-2-5-11-19)22(27)24-18-9-8-12-20(15-18)30(28,29)25-13-6-3-7-14-25/h2,4-5,8-12,15-16H,3,6-7,13-14H2,1H3,(H,24,27). The molecule has 156 valence electrons. The third-order valence-corrected chi connectivity index (χ3v) is 7.19. The number of nitrogens with zero attached hydrogens (tertiary/aromatic N) is 3. The number of aromatic nitrogens is 2. The van der Waals surface area contributed by atoms with Crippen LogP contribution in [-0.4, -0.2) is 41.5 Å². The smallest absolute Gasteiger partial charge is 0.259 e. The second-order valence-corrected chi connectivity index (χ2v) is 9.28. The van der Waals surface area contributed by atoms with Crippen molar-refractivity contribution in [3.05, 3.63) is 72.1 Å². The number of rotatable bonds is 5. The Balaban J connectivity index is 1.55. The van der Waals surface area contributed by atoms with Gasteiger partial charge in [-0.3, -0.25) is 4.79 Å². The van der Waals surface area contributed by atoms with Crippen LogP contribution in [-0.2, 0) is 10.0 Å². The van der Waals surface area contributed by atoms with Crippen LogP contribution in [0, 0.1) is 6.92 Å². The Morgan fingerprint density at radius 3 is 2.47 bits per heavy atom. The molecule has 0 radical (unpaired) electrons. The van der Waals surface area contributed by atoms with Crippen molar-refractivity contribution >= 4 is 21.6 Å². The third kappa shape index (κ3) is 4.01. The van der Waals surface area contributed by atoms with Crippen LogP contribution in [0.15, 0.2) is 65.7 Å². The minimum atomic E-state index is -3.56. The molecule has 7 nitrogen and oxygen atoms in total. The van der Waals surface area contributed by atoms with E-state index in [1.807, 2.05) is 37.3 Å². The summed E-state index contributed by atoms with van der Waals surface area (Å²) in [5.41, 5.74) is 2.44. The molecular weight excluding hydrogens is 400 g/mol. The molecule has 2 heterocycles. The van der Waals surface area contributed by atoms with Gasteiger partial charge < -0.3 is 5.32 Å². The average Bonchev–Trinajstić information content (AvgIpc) is 3.16. The van der Waals surface area contributed by atoms with Crippen LogP contribution in [0.25, 0.3) is 5.69 Å². The molecule has 0 unspecified atom stereocenters. The van der Waals surface area contributed by atoms with E-state index in [2.05, 4.69) is 10.4 Å². The molecule has 1 saturated heterocycles. The highest BCUT2D eigenvalue weighted by molar-refractivity contribution is 7.89. The van der Waals surface area contributed by atoms with Crippen LogP contribution in [0.1, 0.15) is 35.3 Å². The fourth-order valence-electron chi connectivity index (χ4n) is 3.65. The Hall–Kier alpha value is -2.97. The minimum absolute atomic E-state index is 0.193. The predicted molar refractivity (Wildman–Crippen MR) is 115 cm³/mol. The van der Waals surface area contributed by atoms with Gasteiger partial charge in [-0.05, 0) is 50.1 Å². The summed E-state index contributed by atoms with van der Waals surface area (Å²) in [6.07, 6.45) is 4.32. The normalized spacial score (nSPS) is 15.1. The van der Waals surface area contributed by atoms with Crippen LogP contribution in [0.4, 0.5) is 5.69 Å². The summed E-state index contributed by atoms with van der Waals surface area (Å²) in [5.74, 6) is -0.331. The summed E-state index contributed by atoms with van der Waals surface area (Å²) >= 11 is 0. The molecule has 1 fully saturated rings. The number of sulfonamides is 1. The van der Waals surface area contributed by atoms with Crippen molar-refractivity contribution in [1.29, 1.82) is 0 Å². The number of hydrogen-bond acceptors (Lipinski definition) is 4. The zero-order valence-electron chi connectivity index (χ0n) is 16.8. The van der Waals surface area contributed by atoms with Gasteiger partial charge in [0.2, 0.25) is 10.0 Å². The SMILES string of the molecule is Cc1c(C(=O)Nc2cccc(S(=O)(=O)N3CCCCC3)c2)cnn1-c1ccccc1. The molecule has 0 bridgehead atoms. The molecule has 30 heavy (non-hydrogen) atoms. The number of hydrogen-bond donors (Lipinski definition) is 1. The molecule has 1 aliphatic heterocycles. The topological polar surface area (TPSA) is 84.3 Å². The van der Waals surface area contributed by atoms with E-state index in [9.17, 15) is 13.2 Å². The summed E-state index contributed by atoms with van der Waals surface area (Å²) < 4.78 is 29.0. The van der Waals surface area contributed by atoms with Crippen molar-refractivity contribution in [2.24, 2.45) is 0 Å². The first-order valence-corrected chi connectivity index (χ1v) is 11.4. The molecule has 1 amide bonds. The first-order chi connectivity index (χ1) is 14.5. The van der Waals surface area contributed by atoms with Gasteiger partial charge in [0.1, 0.15) is 0 Å². The Labute approximate surface area is 176 Å². The maximum Gasteiger partial charge on any atom is 0.259 e. The van der Waals surface area contributed by atoms with E-state index in [1.54, 1.807) is 22.9 Å². The molecule has 3 aromatic rings. The lowest BCUT2D eigenvalue weighted by Gasteiger charge is -2.26. The Bertz CT molecular complexity index is 1150. The Kier molecular flexibility index (Phi) is 5.69. The fourth-order valence-corrected chi connectivity index (χ4v) is 5.21. The zero-order valence-corrected chi connectivity index (χ0v) is 17.6. The first kappa shape index (κ1) is 20.3. The zero-order chi connectivity index (χ0) is 21.1. The number of piperidine rings is 1. The van der Waals surface area contributed by atoms with E-state index in [0.717, 1.165) is 24.9 Å². The van der Waals surface area contributed by atoms with Crippen LogP contribution in [0.5, 0.6) is 0 Å². The van der Waals surface area contributed by atoms with Gasteiger partial charge in [-0.25, -0.2) is 13.1 Å². The van der Waals surface area contributed by atoms with Gasteiger partial charge >= 0.3 is 0 Å². The molecule has 2 aromatic carbocycles. The number of carbonyl (C=O) groups is 1. The molecule has 4 rings (SSSR count). The lowest BCUT2D eigenvalue weighted by Crippen LogP contribution is -2.35. The molecule has 1 aliphatic rings. The van der Waals surface area contributed by atoms with Crippen molar-refractivity contribution in [3.8, 4) is 5.69 Å². The summed E-state index contributed by atoms with van der Waals surface area (Å²) in [7, 11) is -3.56. The maximum absolute atomic E-state index is 12.9. The Morgan fingerprint density at radius 2 is 1.73 bits per heavy atom. The average molecular weight is 425 g/mol. The van der Waals surface area contributed by atoms with Gasteiger partial charge in [0.05, 0.1) is 28.0 Å². The monoisotopic (exact) mass is 424 g/mol. The number of amides is 1. The number of para-hydroxylation sites is 1. The Morgan fingerprint density at radius 1 is 1.00 bits per heavy atom. The van der Waals surface area contributed by atoms with E-state index < -0.39 is 10.0 Å². The largest absolute Gasteiger partial charge is 0.322 e. The van der Waals surface area contributed by atoms with E-state index >= 15 is 0 Å². The van der Waals surface area contributed by atoms with E-state index in [0.29, 0.717) is 30.0 Å². The van der Waals surface area contributed by atoms with Crippen molar-refractivity contribution in [1.82, 2.24) is 14.1 Å². The van der Waals surface area contributed by atoms with Crippen molar-refractivity contribution in [2.75, 3.05) is 18.4 Å². The molecule has 0 aliphatic carbocycles. The van der Waals surface area contributed by atoms with Gasteiger partial charge in [0.15, 0.2) is 0 Å². The number of carbonyl (C=O) groups excluding carboxylic acids is 1. The van der Waals surface area contributed by atoms with Gasteiger partial charge in [0.25, 0.3) is 5.91 Å². The molecule has 1 N–H and O–H groups in total. The van der Waals surface area contributed by atoms with Gasteiger partial charge in [-0.1, -0.05) is 30.7 Å². The van der Waals surface area contributed by atoms with Crippen LogP contribution >= 0.6 is 0 Å². The highest BCUT2D eigenvalue weighted by Gasteiger charge is 2.26. The molecule has 1 aromatic heterocycles. The lowest BCUT2D eigenvalue weighted by molar-refractivity contribution is 0.102. The summed E-state index contributed by atoms with van der Waals surface area (Å²) in [6.45, 7) is 2.90. The molecular formula is C22H24N4O3S. The summed E-state index contributed by atoms with van der Waals surface area (Å²) in [5, 5.41) is 7.12. The van der Waals surface area contributed by atoms with E-state index in [1.165, 1.54) is 16.6 Å². The second-order valence-electron chi connectivity index (χ2n) is 7.34. The van der Waals surface area contributed by atoms with Crippen LogP contribution in [0.2, 0.25) is 0 Å². The highest BCUT2D eigenvalue weighted by Crippen LogP contribution is 2.23. The fraction of sp³-hybridized carbons (Fsp3) is 0.273. The molecule has 0 atom stereocenters. The van der Waals surface area contributed by atoms with Gasteiger partial charge in [0, 0.05) is 18.8 Å².